The predicted octanol–water partition coefficient (Wildman–Crippen LogP) is 1.95. The highest BCUT2D eigenvalue weighted by atomic mass is 35.5. The fourth-order valence-corrected chi connectivity index (χ4v) is 4.62. The maximum Gasteiger partial charge on any atom is 0.244 e. The van der Waals surface area contributed by atoms with Gasteiger partial charge in [-0.3, -0.25) is 0 Å². The van der Waals surface area contributed by atoms with E-state index in [-0.39, 0.29) is 16.0 Å². The molecule has 0 aromatic heterocycles. The van der Waals surface area contributed by atoms with Crippen molar-refractivity contribution in [2.75, 3.05) is 32.9 Å². The number of piperidine rings is 1. The number of likely N-dealkylation sites (N-methyl/N-ethyl adjacent to an activating group) is 2. The van der Waals surface area contributed by atoms with Crippen LogP contribution in [0.1, 0.15) is 18.4 Å². The van der Waals surface area contributed by atoms with Gasteiger partial charge in [0.05, 0.1) is 5.02 Å². The van der Waals surface area contributed by atoms with Gasteiger partial charge >= 0.3 is 0 Å². The quantitative estimate of drug-likeness (QED) is 0.860. The van der Waals surface area contributed by atoms with Crippen LogP contribution in [0.15, 0.2) is 17.0 Å². The van der Waals surface area contributed by atoms with Gasteiger partial charge < -0.3 is 10.6 Å². The minimum absolute atomic E-state index is 0.0349. The number of hydrogen-bond acceptors (Lipinski definition) is 4. The predicted molar refractivity (Wildman–Crippen MR) is 86.1 cm³/mol. The van der Waals surface area contributed by atoms with Crippen LogP contribution < -0.4 is 5.73 Å². The highest BCUT2D eigenvalue weighted by Gasteiger charge is 2.32. The number of sulfonamides is 1. The highest BCUT2D eigenvalue weighted by Crippen LogP contribution is 2.30. The standard InChI is InChI=1S/C14H22ClN3O2S/c1-10-7-12(15)14(8-13(10)16)21(19,20)18(3)11-5-4-6-17(2)9-11/h7-8,11H,4-6,9,16H2,1-3H3. The molecule has 0 spiro atoms. The first-order valence-electron chi connectivity index (χ1n) is 6.95. The fourth-order valence-electron chi connectivity index (χ4n) is 2.65. The number of halogens is 1. The van der Waals surface area contributed by atoms with E-state index in [1.54, 1.807) is 20.0 Å². The van der Waals surface area contributed by atoms with Gasteiger partial charge in [0, 0.05) is 25.3 Å². The van der Waals surface area contributed by atoms with Crippen LogP contribution in [-0.4, -0.2) is 50.8 Å². The summed E-state index contributed by atoms with van der Waals surface area (Å²) in [5, 5.41) is 0.220. The van der Waals surface area contributed by atoms with Crippen molar-refractivity contribution in [3.63, 3.8) is 0 Å². The lowest BCUT2D eigenvalue weighted by Gasteiger charge is -2.35. The third-order valence-corrected chi connectivity index (χ3v) is 6.47. The van der Waals surface area contributed by atoms with Crippen LogP contribution >= 0.6 is 11.6 Å². The molecule has 118 valence electrons. The Bertz CT molecular complexity index is 633. The summed E-state index contributed by atoms with van der Waals surface area (Å²) in [5.74, 6) is 0. The van der Waals surface area contributed by atoms with E-state index in [0.717, 1.165) is 31.5 Å². The minimum atomic E-state index is -3.64. The molecule has 1 aliphatic heterocycles. The van der Waals surface area contributed by atoms with Crippen molar-refractivity contribution < 1.29 is 8.42 Å². The molecule has 0 amide bonds. The van der Waals surface area contributed by atoms with Crippen molar-refractivity contribution in [2.24, 2.45) is 0 Å². The number of nitrogens with zero attached hydrogens (tertiary/aromatic N) is 2. The lowest BCUT2D eigenvalue weighted by Crippen LogP contribution is -2.47. The molecular formula is C14H22ClN3O2S. The van der Waals surface area contributed by atoms with Crippen LogP contribution in [0.3, 0.4) is 0 Å². The molecule has 1 aromatic rings. The van der Waals surface area contributed by atoms with Gasteiger partial charge in [-0.15, -0.1) is 0 Å². The van der Waals surface area contributed by atoms with E-state index in [4.69, 9.17) is 17.3 Å². The average Bonchev–Trinajstić information content (AvgIpc) is 2.41. The lowest BCUT2D eigenvalue weighted by molar-refractivity contribution is 0.187. The molecule has 1 aromatic carbocycles. The molecule has 2 N–H and O–H groups in total. The van der Waals surface area contributed by atoms with E-state index in [1.165, 1.54) is 10.4 Å². The Labute approximate surface area is 131 Å². The summed E-state index contributed by atoms with van der Waals surface area (Å²) in [7, 11) is -0.0172. The van der Waals surface area contributed by atoms with E-state index < -0.39 is 10.0 Å². The van der Waals surface area contributed by atoms with Gasteiger partial charge in [-0.25, -0.2) is 8.42 Å². The first-order chi connectivity index (χ1) is 9.73. The summed E-state index contributed by atoms with van der Waals surface area (Å²) >= 11 is 6.13. The van der Waals surface area contributed by atoms with Gasteiger partial charge in [-0.2, -0.15) is 4.31 Å². The second-order valence-electron chi connectivity index (χ2n) is 5.72. The van der Waals surface area contributed by atoms with E-state index in [1.807, 2.05) is 7.05 Å². The summed E-state index contributed by atoms with van der Waals surface area (Å²) in [6.45, 7) is 3.54. The minimum Gasteiger partial charge on any atom is -0.398 e. The number of hydrogen-bond donors (Lipinski definition) is 1. The highest BCUT2D eigenvalue weighted by molar-refractivity contribution is 7.89. The molecule has 1 heterocycles. The van der Waals surface area contributed by atoms with Crippen LogP contribution in [0, 0.1) is 6.92 Å². The van der Waals surface area contributed by atoms with Gasteiger partial charge in [-0.1, -0.05) is 11.6 Å². The Kier molecular flexibility index (Phi) is 4.82. The number of rotatable bonds is 3. The van der Waals surface area contributed by atoms with Gasteiger partial charge in [0.2, 0.25) is 10.0 Å². The topological polar surface area (TPSA) is 66.6 Å². The lowest BCUT2D eigenvalue weighted by atomic mass is 10.1. The Morgan fingerprint density at radius 2 is 2.10 bits per heavy atom. The van der Waals surface area contributed by atoms with Gasteiger partial charge in [-0.05, 0) is 51.1 Å². The zero-order valence-electron chi connectivity index (χ0n) is 12.6. The van der Waals surface area contributed by atoms with E-state index in [9.17, 15) is 8.42 Å². The number of aryl methyl sites for hydroxylation is 1. The van der Waals surface area contributed by atoms with Crippen LogP contribution in [0.4, 0.5) is 5.69 Å². The summed E-state index contributed by atoms with van der Waals surface area (Å²) in [4.78, 5) is 2.23. The zero-order valence-corrected chi connectivity index (χ0v) is 14.2. The Hall–Kier alpha value is -0.820. The maximum atomic E-state index is 12.8. The van der Waals surface area contributed by atoms with Crippen LogP contribution in [-0.2, 0) is 10.0 Å². The molecule has 1 saturated heterocycles. The molecule has 1 aliphatic rings. The van der Waals surface area contributed by atoms with Crippen molar-refractivity contribution in [2.45, 2.75) is 30.7 Å². The number of nitrogens with two attached hydrogens (primary N) is 1. The maximum absolute atomic E-state index is 12.8. The third-order valence-electron chi connectivity index (χ3n) is 4.09. The largest absolute Gasteiger partial charge is 0.398 e. The fraction of sp³-hybridized carbons (Fsp3) is 0.571. The number of anilines is 1. The molecule has 0 aliphatic carbocycles. The molecule has 0 bridgehead atoms. The molecule has 1 fully saturated rings. The van der Waals surface area contributed by atoms with Crippen molar-refractivity contribution in [1.82, 2.24) is 9.21 Å². The first kappa shape index (κ1) is 16.5. The van der Waals surface area contributed by atoms with E-state index >= 15 is 0 Å². The molecule has 0 saturated carbocycles. The number of benzene rings is 1. The van der Waals surface area contributed by atoms with Crippen LogP contribution in [0.25, 0.3) is 0 Å². The monoisotopic (exact) mass is 331 g/mol. The SMILES string of the molecule is Cc1cc(Cl)c(S(=O)(=O)N(C)C2CCCN(C)C2)cc1N. The molecule has 2 rings (SSSR count). The third kappa shape index (κ3) is 3.34. The Balaban J connectivity index is 2.35. The molecule has 1 unspecified atom stereocenters. The second-order valence-corrected chi connectivity index (χ2v) is 8.09. The van der Waals surface area contributed by atoms with Crippen molar-refractivity contribution >= 4 is 27.3 Å². The Morgan fingerprint density at radius 1 is 1.43 bits per heavy atom. The van der Waals surface area contributed by atoms with Crippen LogP contribution in [0.2, 0.25) is 5.02 Å². The Morgan fingerprint density at radius 3 is 2.71 bits per heavy atom. The average molecular weight is 332 g/mol. The van der Waals surface area contributed by atoms with Gasteiger partial charge in [0.1, 0.15) is 4.90 Å². The zero-order chi connectivity index (χ0) is 15.8. The van der Waals surface area contributed by atoms with E-state index in [0.29, 0.717) is 5.69 Å². The molecule has 1 atom stereocenters. The number of likely N-dealkylation sites (tertiary alicyclic amines) is 1. The summed E-state index contributed by atoms with van der Waals surface area (Å²) in [6.07, 6.45) is 1.85. The summed E-state index contributed by atoms with van der Waals surface area (Å²) < 4.78 is 27.0. The smallest absolute Gasteiger partial charge is 0.244 e. The number of nitrogen functional groups attached to an aromatic ring is 1. The normalized spacial score (nSPS) is 20.9. The summed E-state index contributed by atoms with van der Waals surface area (Å²) in [5.41, 5.74) is 7.05. The van der Waals surface area contributed by atoms with Crippen LogP contribution in [0.5, 0.6) is 0 Å². The molecule has 5 nitrogen and oxygen atoms in total. The summed E-state index contributed by atoms with van der Waals surface area (Å²) in [6, 6.07) is 3.02. The molecule has 21 heavy (non-hydrogen) atoms. The van der Waals surface area contributed by atoms with Crippen molar-refractivity contribution in [3.8, 4) is 0 Å². The van der Waals surface area contributed by atoms with Crippen molar-refractivity contribution in [3.05, 3.63) is 22.7 Å². The van der Waals surface area contributed by atoms with E-state index in [2.05, 4.69) is 4.90 Å². The molecule has 7 heteroatoms. The first-order valence-corrected chi connectivity index (χ1v) is 8.77. The second kappa shape index (κ2) is 6.12. The molecule has 0 radical (unpaired) electrons. The van der Waals surface area contributed by atoms with Crippen molar-refractivity contribution in [1.29, 1.82) is 0 Å². The van der Waals surface area contributed by atoms with Gasteiger partial charge in [0.25, 0.3) is 0 Å². The van der Waals surface area contributed by atoms with Gasteiger partial charge in [0.15, 0.2) is 0 Å². The molecular weight excluding hydrogens is 310 g/mol.